The largest absolute Gasteiger partial charge is 0.462 e. The van der Waals surface area contributed by atoms with E-state index in [1.807, 2.05) is 0 Å². The van der Waals surface area contributed by atoms with Crippen LogP contribution in [0.2, 0.25) is 0 Å². The molecule has 0 spiro atoms. The van der Waals surface area contributed by atoms with Gasteiger partial charge in [-0.05, 0) is 70.6 Å². The lowest BCUT2D eigenvalue weighted by molar-refractivity contribution is -0.167. The van der Waals surface area contributed by atoms with E-state index in [1.54, 1.807) is 0 Å². The lowest BCUT2D eigenvalue weighted by Gasteiger charge is -2.18. The standard InChI is InChI=1S/C67H120O6/c1-4-7-10-13-16-19-22-25-28-31-34-37-39-42-45-48-51-54-57-60-66(69)72-63-64(73-67(70)61-58-55-52-49-46-43-40-36-33-30-27-24-21-18-15-12-9-6-3)62-71-65(68)59-56-53-50-47-44-41-38-35-32-29-26-23-20-17-14-11-8-5-2/h18,21,24,27,30-31,33-34,36,40,64H,4-17,19-20,22-23,25-26,28-29,32,35,37-39,41-63H2,1-3H3/b21-18-,27-24-,33-30-,34-31-,40-36-. The zero-order chi connectivity index (χ0) is 52.9. The molecule has 0 saturated carbocycles. The highest BCUT2D eigenvalue weighted by atomic mass is 16.6. The number of esters is 3. The van der Waals surface area contributed by atoms with Gasteiger partial charge in [-0.1, -0.05) is 300 Å². The Morgan fingerprint density at radius 2 is 0.507 bits per heavy atom. The van der Waals surface area contributed by atoms with Gasteiger partial charge in [-0.2, -0.15) is 0 Å². The Morgan fingerprint density at radius 3 is 0.836 bits per heavy atom. The van der Waals surface area contributed by atoms with Crippen LogP contribution in [0.3, 0.4) is 0 Å². The lowest BCUT2D eigenvalue weighted by Crippen LogP contribution is -2.30. The SMILES string of the molecule is CCCCC\C=C/C=C\C=C/C=C\CCCCCCCC(=O)OC(COC(=O)CCCCCCCCC/C=C\CCCCCCCCCC)COC(=O)CCCCCCCCCCCCCCCCCCCC. The van der Waals surface area contributed by atoms with Crippen molar-refractivity contribution in [1.82, 2.24) is 0 Å². The first-order valence-electron chi connectivity index (χ1n) is 31.8. The molecule has 0 rings (SSSR count). The van der Waals surface area contributed by atoms with E-state index < -0.39 is 6.10 Å². The van der Waals surface area contributed by atoms with Gasteiger partial charge in [-0.3, -0.25) is 14.4 Å². The number of allylic oxidation sites excluding steroid dienone is 10. The van der Waals surface area contributed by atoms with Crippen molar-refractivity contribution in [3.05, 3.63) is 60.8 Å². The molecule has 0 bridgehead atoms. The molecular formula is C67H120O6. The predicted octanol–water partition coefficient (Wildman–Crippen LogP) is 21.6. The number of unbranched alkanes of at least 4 members (excludes halogenated alkanes) is 40. The van der Waals surface area contributed by atoms with Gasteiger partial charge < -0.3 is 14.2 Å². The Labute approximate surface area is 453 Å². The summed E-state index contributed by atoms with van der Waals surface area (Å²) in [7, 11) is 0. The summed E-state index contributed by atoms with van der Waals surface area (Å²) in [5.74, 6) is -0.891. The molecule has 0 aliphatic heterocycles. The molecular weight excluding hydrogens is 901 g/mol. The molecule has 0 amide bonds. The van der Waals surface area contributed by atoms with E-state index in [9.17, 15) is 14.4 Å². The minimum absolute atomic E-state index is 0.0822. The quantitative estimate of drug-likeness (QED) is 0.0199. The summed E-state index contributed by atoms with van der Waals surface area (Å²) >= 11 is 0. The lowest BCUT2D eigenvalue weighted by atomic mass is 10.0. The van der Waals surface area contributed by atoms with Crippen LogP contribution in [-0.2, 0) is 28.6 Å². The first-order valence-corrected chi connectivity index (χ1v) is 31.8. The number of carbonyl (C=O) groups excluding carboxylic acids is 3. The highest BCUT2D eigenvalue weighted by Crippen LogP contribution is 2.17. The molecule has 0 aromatic heterocycles. The molecule has 1 unspecified atom stereocenters. The highest BCUT2D eigenvalue weighted by molar-refractivity contribution is 5.71. The second-order valence-electron chi connectivity index (χ2n) is 21.4. The van der Waals surface area contributed by atoms with E-state index in [2.05, 4.69) is 81.5 Å². The molecule has 73 heavy (non-hydrogen) atoms. The maximum Gasteiger partial charge on any atom is 0.306 e. The third-order valence-electron chi connectivity index (χ3n) is 14.1. The molecule has 0 fully saturated rings. The van der Waals surface area contributed by atoms with Gasteiger partial charge in [0.15, 0.2) is 6.10 Å². The Bertz CT molecular complexity index is 1310. The van der Waals surface area contributed by atoms with E-state index in [-0.39, 0.29) is 31.1 Å². The van der Waals surface area contributed by atoms with Crippen molar-refractivity contribution >= 4 is 17.9 Å². The van der Waals surface area contributed by atoms with Gasteiger partial charge in [0.1, 0.15) is 13.2 Å². The molecule has 0 aliphatic carbocycles. The van der Waals surface area contributed by atoms with Crippen LogP contribution in [0.25, 0.3) is 0 Å². The summed E-state index contributed by atoms with van der Waals surface area (Å²) in [6, 6.07) is 0. The fraction of sp³-hybridized carbons (Fsp3) is 0.806. The van der Waals surface area contributed by atoms with Crippen LogP contribution in [0.1, 0.15) is 329 Å². The molecule has 0 aromatic carbocycles. The normalized spacial score (nSPS) is 12.4. The molecule has 6 heteroatoms. The Kier molecular flexibility index (Phi) is 59.2. The van der Waals surface area contributed by atoms with Gasteiger partial charge in [0.2, 0.25) is 0 Å². The Morgan fingerprint density at radius 1 is 0.274 bits per heavy atom. The van der Waals surface area contributed by atoms with E-state index in [4.69, 9.17) is 14.2 Å². The van der Waals surface area contributed by atoms with Crippen molar-refractivity contribution in [2.75, 3.05) is 13.2 Å². The van der Waals surface area contributed by atoms with Crippen molar-refractivity contribution in [1.29, 1.82) is 0 Å². The van der Waals surface area contributed by atoms with E-state index >= 15 is 0 Å². The van der Waals surface area contributed by atoms with E-state index in [0.29, 0.717) is 19.3 Å². The Hall–Kier alpha value is -2.89. The summed E-state index contributed by atoms with van der Waals surface area (Å²) in [6.07, 6.45) is 77.9. The summed E-state index contributed by atoms with van der Waals surface area (Å²) in [5.41, 5.74) is 0. The van der Waals surface area contributed by atoms with Gasteiger partial charge in [-0.15, -0.1) is 0 Å². The number of carbonyl (C=O) groups is 3. The van der Waals surface area contributed by atoms with Crippen LogP contribution >= 0.6 is 0 Å². The van der Waals surface area contributed by atoms with Crippen molar-refractivity contribution in [2.24, 2.45) is 0 Å². The zero-order valence-corrected chi connectivity index (χ0v) is 48.7. The third kappa shape index (κ3) is 59.9. The molecule has 0 radical (unpaired) electrons. The van der Waals surface area contributed by atoms with Crippen molar-refractivity contribution in [2.45, 2.75) is 335 Å². The third-order valence-corrected chi connectivity index (χ3v) is 14.1. The second-order valence-corrected chi connectivity index (χ2v) is 21.4. The maximum absolute atomic E-state index is 12.9. The first-order chi connectivity index (χ1) is 36.0. The average Bonchev–Trinajstić information content (AvgIpc) is 3.39. The fourth-order valence-corrected chi connectivity index (χ4v) is 9.28. The topological polar surface area (TPSA) is 78.9 Å². The molecule has 0 aromatic rings. The van der Waals surface area contributed by atoms with Gasteiger partial charge in [0.25, 0.3) is 0 Å². The smallest absolute Gasteiger partial charge is 0.306 e. The molecule has 0 aliphatic rings. The summed E-state index contributed by atoms with van der Waals surface area (Å²) < 4.78 is 16.9. The summed E-state index contributed by atoms with van der Waals surface area (Å²) in [5, 5.41) is 0. The van der Waals surface area contributed by atoms with Gasteiger partial charge in [-0.25, -0.2) is 0 Å². The van der Waals surface area contributed by atoms with Crippen molar-refractivity contribution in [3.8, 4) is 0 Å². The molecule has 6 nitrogen and oxygen atoms in total. The first kappa shape index (κ1) is 70.1. The minimum Gasteiger partial charge on any atom is -0.462 e. The number of hydrogen-bond donors (Lipinski definition) is 0. The molecule has 0 N–H and O–H groups in total. The van der Waals surface area contributed by atoms with Crippen LogP contribution in [0.5, 0.6) is 0 Å². The van der Waals surface area contributed by atoms with Gasteiger partial charge in [0.05, 0.1) is 0 Å². The van der Waals surface area contributed by atoms with Crippen LogP contribution in [0.4, 0.5) is 0 Å². The van der Waals surface area contributed by atoms with Crippen molar-refractivity contribution in [3.63, 3.8) is 0 Å². The summed E-state index contributed by atoms with van der Waals surface area (Å²) in [6.45, 7) is 6.63. The molecule has 0 heterocycles. The fourth-order valence-electron chi connectivity index (χ4n) is 9.28. The Balaban J connectivity index is 4.40. The van der Waals surface area contributed by atoms with Crippen LogP contribution in [-0.4, -0.2) is 37.2 Å². The molecule has 0 saturated heterocycles. The van der Waals surface area contributed by atoms with E-state index in [1.165, 1.54) is 205 Å². The summed E-state index contributed by atoms with van der Waals surface area (Å²) in [4.78, 5) is 38.3. The van der Waals surface area contributed by atoms with Crippen LogP contribution < -0.4 is 0 Å². The van der Waals surface area contributed by atoms with Crippen LogP contribution in [0, 0.1) is 0 Å². The van der Waals surface area contributed by atoms with Gasteiger partial charge in [0, 0.05) is 19.3 Å². The van der Waals surface area contributed by atoms with E-state index in [0.717, 1.165) is 83.5 Å². The maximum atomic E-state index is 12.9. The average molecular weight is 1020 g/mol. The zero-order valence-electron chi connectivity index (χ0n) is 48.7. The molecule has 1 atom stereocenters. The highest BCUT2D eigenvalue weighted by Gasteiger charge is 2.19. The van der Waals surface area contributed by atoms with Crippen LogP contribution in [0.15, 0.2) is 60.8 Å². The molecule has 424 valence electrons. The van der Waals surface area contributed by atoms with Gasteiger partial charge >= 0.3 is 17.9 Å². The second kappa shape index (κ2) is 61.7. The number of ether oxygens (including phenoxy) is 3. The number of hydrogen-bond acceptors (Lipinski definition) is 6. The number of rotatable bonds is 58. The monoisotopic (exact) mass is 1020 g/mol. The predicted molar refractivity (Wildman–Crippen MR) is 316 cm³/mol. The minimum atomic E-state index is -0.788. The van der Waals surface area contributed by atoms with Crippen molar-refractivity contribution < 1.29 is 28.6 Å².